The number of primary amides is 1. The Morgan fingerprint density at radius 2 is 1.62 bits per heavy atom. The van der Waals surface area contributed by atoms with Gasteiger partial charge in [-0.25, -0.2) is 17.1 Å². The molecule has 6 aliphatic rings. The van der Waals surface area contributed by atoms with Gasteiger partial charge in [-0.1, -0.05) is 6.92 Å². The molecule has 13 atom stereocenters. The molecular weight excluding hydrogens is 561 g/mol. The number of nitrogens with one attached hydrogen (secondary N) is 1. The molecule has 4 N–H and O–H groups in total. The molecule has 2 heterocycles. The monoisotopic (exact) mass is 613 g/mol. The Hall–Kier alpha value is -0.850. The maximum Gasteiger partial charge on any atom is 0.223 e. The predicted molar refractivity (Wildman–Crippen MR) is 156 cm³/mol. The Morgan fingerprint density at radius 3 is 2.31 bits per heavy atom. The first kappa shape index (κ1) is 31.1. The second-order valence-electron chi connectivity index (χ2n) is 14.8. The number of nitrogens with two attached hydrogens (primary N) is 1. The maximum atomic E-state index is 14.0. The fourth-order valence-corrected chi connectivity index (χ4v) is 10.6. The van der Waals surface area contributed by atoms with Crippen LogP contribution in [0, 0.1) is 41.4 Å². The number of aliphatic hydroxyl groups is 1. The maximum absolute atomic E-state index is 14.0. The number of carbonyl (C=O) groups is 1. The van der Waals surface area contributed by atoms with Crippen LogP contribution in [0.5, 0.6) is 0 Å². The third kappa shape index (κ3) is 6.04. The largest absolute Gasteiger partial charge is 0.393 e. The summed E-state index contributed by atoms with van der Waals surface area (Å²) in [6.45, 7) is 2.27. The van der Waals surface area contributed by atoms with Gasteiger partial charge in [-0.05, 0) is 107 Å². The average molecular weight is 614 g/mol. The summed E-state index contributed by atoms with van der Waals surface area (Å²) in [5.74, 6) is -0.0385. The number of sulfonamides is 1. The number of carbonyl (C=O) groups excluding carboxylic acids is 1. The van der Waals surface area contributed by atoms with Crippen molar-refractivity contribution in [1.29, 1.82) is 0 Å². The molecule has 240 valence electrons. The highest BCUT2D eigenvalue weighted by molar-refractivity contribution is 7.88. The second kappa shape index (κ2) is 12.2. The van der Waals surface area contributed by atoms with E-state index >= 15 is 0 Å². The lowest BCUT2D eigenvalue weighted by atomic mass is 9.62. The Bertz CT molecular complexity index is 1090. The van der Waals surface area contributed by atoms with E-state index in [1.807, 2.05) is 0 Å². The summed E-state index contributed by atoms with van der Waals surface area (Å²) in [6.07, 6.45) is 8.39. The summed E-state index contributed by atoms with van der Waals surface area (Å²) in [5.41, 5.74) is 6.05. The minimum Gasteiger partial charge on any atom is -0.393 e. The van der Waals surface area contributed by atoms with E-state index in [4.69, 9.17) is 15.2 Å². The minimum atomic E-state index is -3.47. The summed E-state index contributed by atoms with van der Waals surface area (Å²) >= 11 is 0. The fourth-order valence-electron chi connectivity index (χ4n) is 9.90. The normalized spacial score (nSPS) is 49.9. The molecule has 6 rings (SSSR count). The lowest BCUT2D eigenvalue weighted by molar-refractivity contribution is -0.126. The lowest BCUT2D eigenvalue weighted by Crippen LogP contribution is -2.53. The molecule has 0 aromatic rings. The minimum absolute atomic E-state index is 0.00968. The van der Waals surface area contributed by atoms with Crippen molar-refractivity contribution in [2.45, 2.75) is 133 Å². The van der Waals surface area contributed by atoms with Crippen LogP contribution >= 0.6 is 0 Å². The molecule has 0 aromatic heterocycles. The van der Waals surface area contributed by atoms with Crippen LogP contribution in [0.1, 0.15) is 84.0 Å². The van der Waals surface area contributed by atoms with Gasteiger partial charge in [-0.15, -0.1) is 0 Å². The van der Waals surface area contributed by atoms with Crippen molar-refractivity contribution in [1.82, 2.24) is 9.62 Å². The number of halogens is 1. The van der Waals surface area contributed by atoms with Crippen LogP contribution in [0.3, 0.4) is 0 Å². The van der Waals surface area contributed by atoms with Gasteiger partial charge >= 0.3 is 0 Å². The van der Waals surface area contributed by atoms with Crippen molar-refractivity contribution < 1.29 is 32.2 Å². The first-order valence-corrected chi connectivity index (χ1v) is 18.4. The Balaban J connectivity index is 1.23. The highest BCUT2D eigenvalue weighted by atomic mass is 32.2. The van der Waals surface area contributed by atoms with Crippen LogP contribution in [0.4, 0.5) is 4.39 Å². The number of ether oxygens (including phenoxy) is 2. The number of amides is 1. The summed E-state index contributed by atoms with van der Waals surface area (Å²) in [6, 6.07) is 0.0616. The molecule has 0 spiro atoms. The van der Waals surface area contributed by atoms with Gasteiger partial charge in [-0.3, -0.25) is 10.1 Å². The summed E-state index contributed by atoms with van der Waals surface area (Å²) in [5, 5.41) is 14.9. The molecule has 1 amide bonds. The number of alkyl halides is 1. The zero-order chi connectivity index (χ0) is 29.9. The van der Waals surface area contributed by atoms with E-state index in [1.54, 1.807) is 7.05 Å². The molecule has 4 saturated carbocycles. The fraction of sp³-hybridized carbons (Fsp3) is 0.968. The van der Waals surface area contributed by atoms with Crippen molar-refractivity contribution in [3.8, 4) is 0 Å². The van der Waals surface area contributed by atoms with Crippen LogP contribution in [0.15, 0.2) is 0 Å². The van der Waals surface area contributed by atoms with E-state index < -0.39 is 28.2 Å². The molecule has 0 radical (unpaired) electrons. The SMILES string of the molecule is CC1CCC2NC(C3CC(C4CC5C(CC4N(C)S(C)(=O)=O)OC(C4CCC(F)CC4)C5C(N)=O)CCC3O)OC2C1. The van der Waals surface area contributed by atoms with Gasteiger partial charge < -0.3 is 20.3 Å². The van der Waals surface area contributed by atoms with Gasteiger partial charge in [0, 0.05) is 25.0 Å². The van der Waals surface area contributed by atoms with Crippen LogP contribution in [-0.4, -0.2) is 85.9 Å². The van der Waals surface area contributed by atoms with Crippen molar-refractivity contribution in [2.24, 2.45) is 47.2 Å². The number of rotatable bonds is 6. The zero-order valence-corrected chi connectivity index (χ0v) is 26.3. The molecule has 6 fully saturated rings. The van der Waals surface area contributed by atoms with Crippen molar-refractivity contribution in [3.05, 3.63) is 0 Å². The number of hydrogen-bond donors (Lipinski definition) is 3. The highest BCUT2D eigenvalue weighted by Gasteiger charge is 2.57. The van der Waals surface area contributed by atoms with Crippen LogP contribution < -0.4 is 11.1 Å². The molecule has 0 aromatic carbocycles. The van der Waals surface area contributed by atoms with Crippen molar-refractivity contribution >= 4 is 15.9 Å². The highest BCUT2D eigenvalue weighted by Crippen LogP contribution is 2.53. The number of hydrogen-bond acceptors (Lipinski definition) is 7. The molecule has 42 heavy (non-hydrogen) atoms. The Labute approximate surface area is 250 Å². The van der Waals surface area contributed by atoms with E-state index in [1.165, 1.54) is 17.0 Å². The third-order valence-corrected chi connectivity index (χ3v) is 13.6. The first-order valence-electron chi connectivity index (χ1n) is 16.5. The molecule has 4 aliphatic carbocycles. The molecule has 11 heteroatoms. The molecule has 13 unspecified atom stereocenters. The van der Waals surface area contributed by atoms with E-state index in [-0.39, 0.29) is 66.1 Å². The first-order chi connectivity index (χ1) is 19.9. The van der Waals surface area contributed by atoms with Crippen LogP contribution in [-0.2, 0) is 24.3 Å². The Kier molecular flexibility index (Phi) is 9.01. The molecule has 0 bridgehead atoms. The quantitative estimate of drug-likeness (QED) is 0.420. The van der Waals surface area contributed by atoms with Gasteiger partial charge in [0.25, 0.3) is 0 Å². The molecule has 9 nitrogen and oxygen atoms in total. The lowest BCUT2D eigenvalue weighted by Gasteiger charge is -2.48. The van der Waals surface area contributed by atoms with Gasteiger partial charge in [-0.2, -0.15) is 0 Å². The summed E-state index contributed by atoms with van der Waals surface area (Å²) in [7, 11) is -1.81. The standard InChI is InChI=1S/C31H52FN3O6S/c1-16-4-10-23-27(12-16)41-31(34-23)21-13-18(7-11-25(21)36)20-14-22-26(15-24(20)35(2)42(3,38)39)40-29(28(22)30(33)37)17-5-8-19(32)9-6-17/h16-29,31,34,36H,4-15H2,1-3H3,(H2,33,37). The van der Waals surface area contributed by atoms with E-state index in [2.05, 4.69) is 12.2 Å². The van der Waals surface area contributed by atoms with Crippen LogP contribution in [0.2, 0.25) is 0 Å². The van der Waals surface area contributed by atoms with Gasteiger partial charge in [0.1, 0.15) is 12.4 Å². The van der Waals surface area contributed by atoms with Gasteiger partial charge in [0.2, 0.25) is 15.9 Å². The van der Waals surface area contributed by atoms with E-state index in [0.29, 0.717) is 56.9 Å². The molecular formula is C31H52FN3O6S. The molecule has 2 saturated heterocycles. The predicted octanol–water partition coefficient (Wildman–Crippen LogP) is 2.95. The smallest absolute Gasteiger partial charge is 0.223 e. The Morgan fingerprint density at radius 1 is 0.905 bits per heavy atom. The number of fused-ring (bicyclic) bond motifs is 2. The molecule has 2 aliphatic heterocycles. The number of aliphatic hydroxyl groups excluding tert-OH is 1. The summed E-state index contributed by atoms with van der Waals surface area (Å²) < 4.78 is 54.3. The average Bonchev–Trinajstić information content (AvgIpc) is 3.53. The third-order valence-electron chi connectivity index (χ3n) is 12.3. The van der Waals surface area contributed by atoms with E-state index in [0.717, 1.165) is 25.7 Å². The zero-order valence-electron chi connectivity index (χ0n) is 25.4. The van der Waals surface area contributed by atoms with Gasteiger partial charge in [0.15, 0.2) is 0 Å². The second-order valence-corrected chi connectivity index (χ2v) is 16.9. The van der Waals surface area contributed by atoms with Gasteiger partial charge in [0.05, 0.1) is 36.6 Å². The van der Waals surface area contributed by atoms with Crippen LogP contribution in [0.25, 0.3) is 0 Å². The van der Waals surface area contributed by atoms with Crippen molar-refractivity contribution in [2.75, 3.05) is 13.3 Å². The topological polar surface area (TPSA) is 131 Å². The summed E-state index contributed by atoms with van der Waals surface area (Å²) in [4.78, 5) is 13.0. The number of nitrogens with zero attached hydrogens (tertiary/aromatic N) is 1. The van der Waals surface area contributed by atoms with Crippen molar-refractivity contribution in [3.63, 3.8) is 0 Å². The van der Waals surface area contributed by atoms with E-state index in [9.17, 15) is 22.7 Å².